The Morgan fingerprint density at radius 3 is 2.93 bits per heavy atom. The quantitative estimate of drug-likeness (QED) is 0.646. The molecular weight excluding hydrogens is 196 g/mol. The SMILES string of the molecule is CC(=O)NCCN1CC(C)OC(CO)C1. The fourth-order valence-corrected chi connectivity index (χ4v) is 1.81. The van der Waals surface area contributed by atoms with E-state index in [1.165, 1.54) is 6.92 Å². The zero-order valence-electron chi connectivity index (χ0n) is 9.40. The number of nitrogens with zero attached hydrogens (tertiary/aromatic N) is 1. The number of carbonyl (C=O) groups is 1. The van der Waals surface area contributed by atoms with Crippen LogP contribution in [0.5, 0.6) is 0 Å². The van der Waals surface area contributed by atoms with Crippen LogP contribution in [0.25, 0.3) is 0 Å². The molecule has 88 valence electrons. The van der Waals surface area contributed by atoms with Gasteiger partial charge in [-0.3, -0.25) is 9.69 Å². The summed E-state index contributed by atoms with van der Waals surface area (Å²) in [5.41, 5.74) is 0. The lowest BCUT2D eigenvalue weighted by molar-refractivity contribution is -0.119. The molecule has 0 aromatic rings. The Morgan fingerprint density at radius 1 is 1.60 bits per heavy atom. The molecule has 15 heavy (non-hydrogen) atoms. The van der Waals surface area contributed by atoms with E-state index in [2.05, 4.69) is 10.2 Å². The number of rotatable bonds is 4. The molecule has 0 aromatic heterocycles. The number of hydrogen-bond acceptors (Lipinski definition) is 4. The normalized spacial score (nSPS) is 27.7. The minimum atomic E-state index is -0.0916. The zero-order chi connectivity index (χ0) is 11.3. The van der Waals surface area contributed by atoms with Gasteiger partial charge in [0.1, 0.15) is 0 Å². The fraction of sp³-hybridized carbons (Fsp3) is 0.900. The van der Waals surface area contributed by atoms with Crippen LogP contribution in [0.2, 0.25) is 0 Å². The summed E-state index contributed by atoms with van der Waals surface area (Å²) in [5.74, 6) is -0.00461. The maximum atomic E-state index is 10.7. The van der Waals surface area contributed by atoms with E-state index in [1.807, 2.05) is 6.92 Å². The van der Waals surface area contributed by atoms with Crippen molar-refractivity contribution >= 4 is 5.91 Å². The van der Waals surface area contributed by atoms with Crippen molar-refractivity contribution in [2.45, 2.75) is 26.1 Å². The van der Waals surface area contributed by atoms with Gasteiger partial charge >= 0.3 is 0 Å². The Balaban J connectivity index is 2.25. The number of ether oxygens (including phenoxy) is 1. The van der Waals surface area contributed by atoms with Gasteiger partial charge in [-0.15, -0.1) is 0 Å². The average molecular weight is 216 g/mol. The van der Waals surface area contributed by atoms with Gasteiger partial charge in [0.25, 0.3) is 0 Å². The molecular formula is C10H20N2O3. The Bertz CT molecular complexity index is 211. The van der Waals surface area contributed by atoms with Crippen LogP contribution < -0.4 is 5.32 Å². The van der Waals surface area contributed by atoms with Gasteiger partial charge < -0.3 is 15.2 Å². The third-order valence-corrected chi connectivity index (χ3v) is 2.41. The molecule has 0 aromatic carbocycles. The summed E-state index contributed by atoms with van der Waals surface area (Å²) in [6, 6.07) is 0. The minimum absolute atomic E-state index is 0.00461. The third-order valence-electron chi connectivity index (χ3n) is 2.41. The number of aliphatic hydroxyl groups is 1. The summed E-state index contributed by atoms with van der Waals surface area (Å²) in [6.07, 6.45) is 0.0549. The molecule has 2 unspecified atom stereocenters. The van der Waals surface area contributed by atoms with Crippen LogP contribution in [0.3, 0.4) is 0 Å². The molecule has 1 saturated heterocycles. The lowest BCUT2D eigenvalue weighted by atomic mass is 10.2. The molecule has 2 atom stereocenters. The fourth-order valence-electron chi connectivity index (χ4n) is 1.81. The van der Waals surface area contributed by atoms with Crippen LogP contribution in [0.4, 0.5) is 0 Å². The first-order valence-corrected chi connectivity index (χ1v) is 5.35. The maximum Gasteiger partial charge on any atom is 0.216 e. The lowest BCUT2D eigenvalue weighted by Crippen LogP contribution is -2.49. The smallest absolute Gasteiger partial charge is 0.216 e. The molecule has 0 bridgehead atoms. The second-order valence-electron chi connectivity index (χ2n) is 3.99. The molecule has 1 rings (SSSR count). The summed E-state index contributed by atoms with van der Waals surface area (Å²) in [4.78, 5) is 12.9. The van der Waals surface area contributed by atoms with Crippen molar-refractivity contribution in [2.24, 2.45) is 0 Å². The van der Waals surface area contributed by atoms with Gasteiger partial charge in [0.05, 0.1) is 18.8 Å². The molecule has 1 amide bonds. The first-order chi connectivity index (χ1) is 7.11. The Morgan fingerprint density at radius 2 is 2.33 bits per heavy atom. The Kier molecular flexibility index (Phi) is 5.01. The summed E-state index contributed by atoms with van der Waals surface area (Å²) < 4.78 is 5.51. The molecule has 1 aliphatic heterocycles. The van der Waals surface area contributed by atoms with Gasteiger partial charge in [-0.1, -0.05) is 0 Å². The minimum Gasteiger partial charge on any atom is -0.394 e. The van der Waals surface area contributed by atoms with Gasteiger partial charge in [-0.2, -0.15) is 0 Å². The van der Waals surface area contributed by atoms with E-state index in [-0.39, 0.29) is 24.7 Å². The molecule has 5 heteroatoms. The van der Waals surface area contributed by atoms with Crippen molar-refractivity contribution in [1.29, 1.82) is 0 Å². The monoisotopic (exact) mass is 216 g/mol. The second kappa shape index (κ2) is 6.05. The van der Waals surface area contributed by atoms with E-state index in [9.17, 15) is 4.79 Å². The molecule has 0 spiro atoms. The number of carbonyl (C=O) groups excluding carboxylic acids is 1. The number of amides is 1. The van der Waals surface area contributed by atoms with E-state index in [4.69, 9.17) is 9.84 Å². The standard InChI is InChI=1S/C10H20N2O3/c1-8-5-12(4-3-11-9(2)14)6-10(7-13)15-8/h8,10,13H,3-7H2,1-2H3,(H,11,14). The highest BCUT2D eigenvalue weighted by Gasteiger charge is 2.23. The predicted octanol–water partition coefficient (Wildman–Crippen LogP) is -0.796. The van der Waals surface area contributed by atoms with Crippen molar-refractivity contribution in [2.75, 3.05) is 32.8 Å². The van der Waals surface area contributed by atoms with Crippen molar-refractivity contribution in [3.63, 3.8) is 0 Å². The second-order valence-corrected chi connectivity index (χ2v) is 3.99. The van der Waals surface area contributed by atoms with Crippen molar-refractivity contribution < 1.29 is 14.6 Å². The highest BCUT2D eigenvalue weighted by atomic mass is 16.5. The van der Waals surface area contributed by atoms with E-state index < -0.39 is 0 Å². The molecule has 0 saturated carbocycles. The van der Waals surface area contributed by atoms with Crippen molar-refractivity contribution in [3.05, 3.63) is 0 Å². The van der Waals surface area contributed by atoms with Crippen LogP contribution >= 0.6 is 0 Å². The molecule has 2 N–H and O–H groups in total. The summed E-state index contributed by atoms with van der Waals surface area (Å²) >= 11 is 0. The summed E-state index contributed by atoms with van der Waals surface area (Å²) in [5, 5.41) is 11.8. The van der Waals surface area contributed by atoms with Crippen molar-refractivity contribution in [1.82, 2.24) is 10.2 Å². The highest BCUT2D eigenvalue weighted by molar-refractivity contribution is 5.72. The maximum absolute atomic E-state index is 10.7. The van der Waals surface area contributed by atoms with Gasteiger partial charge in [0.15, 0.2) is 0 Å². The first-order valence-electron chi connectivity index (χ1n) is 5.35. The predicted molar refractivity (Wildman–Crippen MR) is 56.5 cm³/mol. The molecule has 1 heterocycles. The molecule has 1 aliphatic rings. The largest absolute Gasteiger partial charge is 0.394 e. The van der Waals surface area contributed by atoms with Crippen LogP contribution in [-0.4, -0.2) is 60.9 Å². The Labute approximate surface area is 90.4 Å². The van der Waals surface area contributed by atoms with Crippen LogP contribution in [0.1, 0.15) is 13.8 Å². The zero-order valence-corrected chi connectivity index (χ0v) is 9.40. The summed E-state index contributed by atoms with van der Waals surface area (Å²) in [7, 11) is 0. The van der Waals surface area contributed by atoms with Gasteiger partial charge in [-0.25, -0.2) is 0 Å². The van der Waals surface area contributed by atoms with Gasteiger partial charge in [-0.05, 0) is 6.92 Å². The van der Waals surface area contributed by atoms with Gasteiger partial charge in [0, 0.05) is 33.1 Å². The molecule has 0 aliphatic carbocycles. The van der Waals surface area contributed by atoms with Crippen LogP contribution in [-0.2, 0) is 9.53 Å². The van der Waals surface area contributed by atoms with Crippen LogP contribution in [0.15, 0.2) is 0 Å². The third kappa shape index (κ3) is 4.59. The van der Waals surface area contributed by atoms with E-state index in [1.54, 1.807) is 0 Å². The van der Waals surface area contributed by atoms with E-state index in [0.717, 1.165) is 19.6 Å². The topological polar surface area (TPSA) is 61.8 Å². The molecule has 5 nitrogen and oxygen atoms in total. The van der Waals surface area contributed by atoms with E-state index in [0.29, 0.717) is 6.54 Å². The number of morpholine rings is 1. The number of nitrogens with one attached hydrogen (secondary N) is 1. The van der Waals surface area contributed by atoms with Crippen LogP contribution in [0, 0.1) is 0 Å². The van der Waals surface area contributed by atoms with E-state index >= 15 is 0 Å². The number of hydrogen-bond donors (Lipinski definition) is 2. The summed E-state index contributed by atoms with van der Waals surface area (Å²) in [6.45, 7) is 6.62. The van der Waals surface area contributed by atoms with Gasteiger partial charge in [0.2, 0.25) is 5.91 Å². The average Bonchev–Trinajstić information content (AvgIpc) is 2.16. The lowest BCUT2D eigenvalue weighted by Gasteiger charge is -2.35. The number of aliphatic hydroxyl groups excluding tert-OH is 1. The van der Waals surface area contributed by atoms with Crippen molar-refractivity contribution in [3.8, 4) is 0 Å². The first kappa shape index (κ1) is 12.4. The highest BCUT2D eigenvalue weighted by Crippen LogP contribution is 2.09. The molecule has 0 radical (unpaired) electrons. The molecule has 1 fully saturated rings. The Hall–Kier alpha value is -0.650.